The molecule has 63 valence electrons. The third kappa shape index (κ3) is 1.73. The van der Waals surface area contributed by atoms with Crippen LogP contribution in [-0.2, 0) is 4.18 Å². The summed E-state index contributed by atoms with van der Waals surface area (Å²) in [6.45, 7) is 1.76. The number of para-hydroxylation sites is 1. The average Bonchev–Trinajstić information content (AvgIpc) is 2.21. The second-order valence-corrected chi connectivity index (χ2v) is 3.31. The Hall–Kier alpha value is -0.670. The lowest BCUT2D eigenvalue weighted by atomic mass is 10.3. The van der Waals surface area contributed by atoms with E-state index in [1.54, 1.807) is 0 Å². The van der Waals surface area contributed by atoms with E-state index in [9.17, 15) is 0 Å². The van der Waals surface area contributed by atoms with Crippen molar-refractivity contribution in [1.82, 2.24) is 0 Å². The molecule has 1 aliphatic heterocycles. The van der Waals surface area contributed by atoms with Gasteiger partial charge >= 0.3 is 0 Å². The zero-order chi connectivity index (χ0) is 8.23. The van der Waals surface area contributed by atoms with Crippen LogP contribution in [0.2, 0.25) is 0 Å². The van der Waals surface area contributed by atoms with Gasteiger partial charge in [0, 0.05) is 30.3 Å². The van der Waals surface area contributed by atoms with E-state index in [-0.39, 0.29) is 0 Å². The first kappa shape index (κ1) is 7.95. The Labute approximate surface area is 76.7 Å². The lowest BCUT2D eigenvalue weighted by Gasteiger charge is -2.27. The molecule has 0 amide bonds. The molecule has 0 N–H and O–H groups in total. The van der Waals surface area contributed by atoms with Crippen LogP contribution in [-0.4, -0.2) is 19.0 Å². The van der Waals surface area contributed by atoms with Gasteiger partial charge in [-0.15, -0.1) is 0 Å². The molecule has 0 atom stereocenters. The zero-order valence-electron chi connectivity index (χ0n) is 6.69. The van der Waals surface area contributed by atoms with Crippen LogP contribution in [0.25, 0.3) is 0 Å². The summed E-state index contributed by atoms with van der Waals surface area (Å²) in [5.41, 5.74) is 1.16. The van der Waals surface area contributed by atoms with Crippen molar-refractivity contribution < 1.29 is 4.18 Å². The first-order valence-electron chi connectivity index (χ1n) is 3.93. The third-order valence-corrected chi connectivity index (χ3v) is 2.52. The number of rotatable bonds is 1. The summed E-state index contributed by atoms with van der Waals surface area (Å²) < 4.78 is 5.18. The minimum absolute atomic E-state index is 0.799. The monoisotopic (exact) mass is 180 g/mol. The van der Waals surface area contributed by atoms with Gasteiger partial charge in [-0.05, 0) is 6.07 Å². The molecule has 0 unspecified atom stereocenters. The summed E-state index contributed by atoms with van der Waals surface area (Å²) in [4.78, 5) is 2.26. The van der Waals surface area contributed by atoms with Crippen molar-refractivity contribution in [2.75, 3.05) is 23.9 Å². The smallest absolute Gasteiger partial charge is 0.0902 e. The molecule has 3 heteroatoms. The van der Waals surface area contributed by atoms with Crippen molar-refractivity contribution >= 4 is 17.7 Å². The fourth-order valence-electron chi connectivity index (χ4n) is 1.14. The number of anilines is 1. The van der Waals surface area contributed by atoms with Gasteiger partial charge in [0.1, 0.15) is 0 Å². The quantitative estimate of drug-likeness (QED) is 0.613. The van der Waals surface area contributed by atoms with Crippen molar-refractivity contribution in [2.24, 2.45) is 0 Å². The van der Waals surface area contributed by atoms with Crippen LogP contribution in [0.5, 0.6) is 0 Å². The Morgan fingerprint density at radius 1 is 1.50 bits per heavy atom. The van der Waals surface area contributed by atoms with E-state index in [4.69, 9.17) is 4.18 Å². The molecule has 0 aliphatic carbocycles. The van der Waals surface area contributed by atoms with Gasteiger partial charge in [-0.3, -0.25) is 0 Å². The second-order valence-electron chi connectivity index (χ2n) is 2.58. The molecule has 1 radical (unpaired) electrons. The van der Waals surface area contributed by atoms with Crippen molar-refractivity contribution in [3.63, 3.8) is 0 Å². The molecular weight excluding hydrogens is 170 g/mol. The molecule has 1 fully saturated rings. The predicted molar refractivity (Wildman–Crippen MR) is 51.0 cm³/mol. The molecule has 2 rings (SSSR count). The summed E-state index contributed by atoms with van der Waals surface area (Å²) in [5.74, 6) is 0.903. The molecule has 1 saturated heterocycles. The van der Waals surface area contributed by atoms with E-state index in [1.807, 2.05) is 18.2 Å². The van der Waals surface area contributed by atoms with E-state index in [2.05, 4.69) is 17.0 Å². The van der Waals surface area contributed by atoms with E-state index < -0.39 is 0 Å². The van der Waals surface area contributed by atoms with Gasteiger partial charge in [0.25, 0.3) is 0 Å². The molecule has 0 aromatic heterocycles. The van der Waals surface area contributed by atoms with Crippen LogP contribution in [0, 0.1) is 6.07 Å². The average molecular weight is 180 g/mol. The van der Waals surface area contributed by atoms with Crippen LogP contribution < -0.4 is 4.90 Å². The first-order chi connectivity index (χ1) is 5.97. The molecule has 0 bridgehead atoms. The maximum Gasteiger partial charge on any atom is 0.0902 e. The normalized spacial score (nSPS) is 17.8. The Morgan fingerprint density at radius 2 is 2.50 bits per heavy atom. The summed E-state index contributed by atoms with van der Waals surface area (Å²) in [7, 11) is 0. The fraction of sp³-hybridized carbons (Fsp3) is 0.333. The Kier molecular flexibility index (Phi) is 2.54. The molecule has 1 heterocycles. The highest BCUT2D eigenvalue weighted by atomic mass is 32.2. The number of hydrogen-bond donors (Lipinski definition) is 0. The van der Waals surface area contributed by atoms with Gasteiger partial charge in [-0.1, -0.05) is 18.2 Å². The lowest BCUT2D eigenvalue weighted by Crippen LogP contribution is -2.30. The van der Waals surface area contributed by atoms with Gasteiger partial charge in [0.15, 0.2) is 0 Å². The van der Waals surface area contributed by atoms with Crippen LogP contribution in [0.1, 0.15) is 0 Å². The van der Waals surface area contributed by atoms with Gasteiger partial charge in [0.2, 0.25) is 0 Å². The largest absolute Gasteiger partial charge is 0.357 e. The minimum atomic E-state index is 0.799. The summed E-state index contributed by atoms with van der Waals surface area (Å²) in [6, 6.07) is 11.2. The third-order valence-electron chi connectivity index (χ3n) is 1.77. The van der Waals surface area contributed by atoms with Crippen LogP contribution in [0.15, 0.2) is 24.3 Å². The molecule has 1 aromatic carbocycles. The Balaban J connectivity index is 2.08. The van der Waals surface area contributed by atoms with Gasteiger partial charge < -0.3 is 9.08 Å². The molecular formula is C9H10NOS. The minimum Gasteiger partial charge on any atom is -0.357 e. The highest BCUT2D eigenvalue weighted by molar-refractivity contribution is 7.94. The summed E-state index contributed by atoms with van der Waals surface area (Å²) in [6.07, 6.45) is 0. The highest BCUT2D eigenvalue weighted by Gasteiger charge is 2.10. The van der Waals surface area contributed by atoms with Crippen molar-refractivity contribution in [3.8, 4) is 0 Å². The molecule has 1 aliphatic rings. The van der Waals surface area contributed by atoms with Gasteiger partial charge in [0.05, 0.1) is 12.5 Å². The van der Waals surface area contributed by atoms with Crippen molar-refractivity contribution in [3.05, 3.63) is 30.3 Å². The van der Waals surface area contributed by atoms with Crippen molar-refractivity contribution in [1.29, 1.82) is 0 Å². The standard InChI is InChI=1S/C9H10NOS/c1-2-4-9(5-3-1)10-6-7-11-12-8-10/h1-4H,6-8H2. The van der Waals surface area contributed by atoms with Gasteiger partial charge in [-0.25, -0.2) is 0 Å². The molecule has 12 heavy (non-hydrogen) atoms. The van der Waals surface area contributed by atoms with E-state index in [0.29, 0.717) is 0 Å². The summed E-state index contributed by atoms with van der Waals surface area (Å²) in [5, 5.41) is 0. The summed E-state index contributed by atoms with van der Waals surface area (Å²) >= 11 is 1.50. The number of nitrogens with zero attached hydrogens (tertiary/aromatic N) is 1. The Bertz CT molecular complexity index is 234. The maximum absolute atomic E-state index is 5.18. The van der Waals surface area contributed by atoms with Crippen molar-refractivity contribution in [2.45, 2.75) is 0 Å². The molecule has 0 spiro atoms. The highest BCUT2D eigenvalue weighted by Crippen LogP contribution is 2.19. The first-order valence-corrected chi connectivity index (χ1v) is 4.84. The predicted octanol–water partition coefficient (Wildman–Crippen LogP) is 1.93. The van der Waals surface area contributed by atoms with Crippen LogP contribution in [0.3, 0.4) is 0 Å². The van der Waals surface area contributed by atoms with E-state index >= 15 is 0 Å². The molecule has 1 aromatic rings. The van der Waals surface area contributed by atoms with Crippen LogP contribution >= 0.6 is 12.0 Å². The number of benzene rings is 1. The molecule has 0 saturated carbocycles. The van der Waals surface area contributed by atoms with Gasteiger partial charge in [-0.2, -0.15) is 0 Å². The SMILES string of the molecule is [c]1ccccc1N1CCOSC1. The fourth-order valence-corrected chi connectivity index (χ4v) is 1.80. The maximum atomic E-state index is 5.18. The zero-order valence-corrected chi connectivity index (χ0v) is 7.51. The Morgan fingerprint density at radius 3 is 3.17 bits per heavy atom. The second kappa shape index (κ2) is 3.83. The van der Waals surface area contributed by atoms with E-state index in [1.165, 1.54) is 12.0 Å². The van der Waals surface area contributed by atoms with E-state index in [0.717, 1.165) is 24.7 Å². The lowest BCUT2D eigenvalue weighted by molar-refractivity contribution is 0.367. The number of hydrogen-bond acceptors (Lipinski definition) is 3. The topological polar surface area (TPSA) is 12.5 Å². The molecule has 2 nitrogen and oxygen atoms in total. The van der Waals surface area contributed by atoms with Crippen LogP contribution in [0.4, 0.5) is 5.69 Å².